The summed E-state index contributed by atoms with van der Waals surface area (Å²) in [7, 11) is 0. The second-order valence-electron chi connectivity index (χ2n) is 3.82. The van der Waals surface area contributed by atoms with E-state index in [1.54, 1.807) is 37.6 Å². The van der Waals surface area contributed by atoms with Gasteiger partial charge in [-0.3, -0.25) is 4.98 Å². The number of hydrogen-bond donors (Lipinski definition) is 2. The highest BCUT2D eigenvalue weighted by Gasteiger charge is 2.12. The van der Waals surface area contributed by atoms with Crippen LogP contribution in [0, 0.1) is 6.92 Å². The number of nitrogens with two attached hydrogens (primary N) is 1. The van der Waals surface area contributed by atoms with Gasteiger partial charge in [0.2, 0.25) is 0 Å². The first kappa shape index (κ1) is 11.5. The van der Waals surface area contributed by atoms with Gasteiger partial charge in [0.15, 0.2) is 0 Å². The Morgan fingerprint density at radius 3 is 2.88 bits per heavy atom. The molecule has 0 bridgehead atoms. The Labute approximate surface area is 99.4 Å². The van der Waals surface area contributed by atoms with Crippen molar-refractivity contribution in [2.75, 3.05) is 5.73 Å². The van der Waals surface area contributed by atoms with E-state index in [1.165, 1.54) is 0 Å². The molecular formula is C12H14N4O. The van der Waals surface area contributed by atoms with Crippen molar-refractivity contribution in [3.8, 4) is 0 Å². The monoisotopic (exact) mass is 230 g/mol. The van der Waals surface area contributed by atoms with Gasteiger partial charge in [-0.05, 0) is 24.6 Å². The topological polar surface area (TPSA) is 84.9 Å². The highest BCUT2D eigenvalue weighted by molar-refractivity contribution is 5.44. The average molecular weight is 230 g/mol. The van der Waals surface area contributed by atoms with E-state index in [2.05, 4.69) is 15.0 Å². The fourth-order valence-electron chi connectivity index (χ4n) is 1.58. The van der Waals surface area contributed by atoms with Crippen LogP contribution in [0.2, 0.25) is 0 Å². The number of nitrogen functional groups attached to an aromatic ring is 1. The predicted octanol–water partition coefficient (Wildman–Crippen LogP) is 1.04. The molecule has 0 aliphatic heterocycles. The lowest BCUT2D eigenvalue weighted by atomic mass is 10.1. The van der Waals surface area contributed by atoms with Crippen molar-refractivity contribution in [3.63, 3.8) is 0 Å². The number of hydrogen-bond acceptors (Lipinski definition) is 5. The van der Waals surface area contributed by atoms with Gasteiger partial charge in [-0.25, -0.2) is 9.97 Å². The molecule has 0 aliphatic rings. The van der Waals surface area contributed by atoms with Crippen molar-refractivity contribution in [1.29, 1.82) is 0 Å². The Morgan fingerprint density at radius 2 is 2.18 bits per heavy atom. The number of aryl methyl sites for hydroxylation is 1. The highest BCUT2D eigenvalue weighted by atomic mass is 16.3. The first-order valence-electron chi connectivity index (χ1n) is 5.33. The molecule has 17 heavy (non-hydrogen) atoms. The summed E-state index contributed by atoms with van der Waals surface area (Å²) in [5.41, 5.74) is 7.84. The van der Waals surface area contributed by atoms with Crippen molar-refractivity contribution >= 4 is 5.69 Å². The number of aromatic nitrogens is 3. The van der Waals surface area contributed by atoms with Crippen LogP contribution in [0.4, 0.5) is 5.69 Å². The molecule has 0 saturated heterocycles. The third kappa shape index (κ3) is 2.76. The van der Waals surface area contributed by atoms with Gasteiger partial charge < -0.3 is 10.8 Å². The summed E-state index contributed by atoms with van der Waals surface area (Å²) in [4.78, 5) is 12.2. The van der Waals surface area contributed by atoms with Gasteiger partial charge in [-0.15, -0.1) is 0 Å². The number of pyridine rings is 1. The van der Waals surface area contributed by atoms with Crippen LogP contribution in [-0.4, -0.2) is 20.1 Å². The molecule has 0 fully saturated rings. The maximum atomic E-state index is 10.0. The summed E-state index contributed by atoms with van der Waals surface area (Å²) in [5, 5.41) is 10.0. The first-order valence-corrected chi connectivity index (χ1v) is 5.33. The molecule has 2 aromatic rings. The minimum Gasteiger partial charge on any atom is -0.398 e. The molecule has 0 radical (unpaired) electrons. The molecule has 3 N–H and O–H groups in total. The zero-order chi connectivity index (χ0) is 12.3. The average Bonchev–Trinajstić information content (AvgIpc) is 2.32. The van der Waals surface area contributed by atoms with Crippen molar-refractivity contribution < 1.29 is 5.11 Å². The van der Waals surface area contributed by atoms with Crippen molar-refractivity contribution in [2.24, 2.45) is 0 Å². The number of anilines is 1. The smallest absolute Gasteiger partial charge is 0.125 e. The van der Waals surface area contributed by atoms with Crippen molar-refractivity contribution in [3.05, 3.63) is 47.8 Å². The van der Waals surface area contributed by atoms with E-state index in [-0.39, 0.29) is 0 Å². The van der Waals surface area contributed by atoms with E-state index >= 15 is 0 Å². The molecule has 5 nitrogen and oxygen atoms in total. The molecule has 0 spiro atoms. The van der Waals surface area contributed by atoms with Gasteiger partial charge >= 0.3 is 0 Å². The molecule has 0 aromatic carbocycles. The predicted molar refractivity (Wildman–Crippen MR) is 64.1 cm³/mol. The molecule has 5 heteroatoms. The summed E-state index contributed by atoms with van der Waals surface area (Å²) in [6, 6.07) is 3.41. The number of aliphatic hydroxyl groups is 1. The van der Waals surface area contributed by atoms with Crippen LogP contribution in [0.1, 0.15) is 23.2 Å². The zero-order valence-corrected chi connectivity index (χ0v) is 9.54. The molecule has 0 aliphatic carbocycles. The molecule has 0 saturated carbocycles. The zero-order valence-electron chi connectivity index (χ0n) is 9.54. The van der Waals surface area contributed by atoms with Crippen LogP contribution in [0.5, 0.6) is 0 Å². The van der Waals surface area contributed by atoms with E-state index in [9.17, 15) is 5.11 Å². The molecule has 2 rings (SSSR count). The van der Waals surface area contributed by atoms with Gasteiger partial charge in [-0.1, -0.05) is 0 Å². The molecule has 0 amide bonds. The Kier molecular flexibility index (Phi) is 3.30. The Balaban J connectivity index is 2.17. The van der Waals surface area contributed by atoms with Gasteiger partial charge in [0.05, 0.1) is 5.69 Å². The normalized spacial score (nSPS) is 12.4. The van der Waals surface area contributed by atoms with E-state index in [1.807, 2.05) is 0 Å². The maximum Gasteiger partial charge on any atom is 0.125 e. The second kappa shape index (κ2) is 4.88. The van der Waals surface area contributed by atoms with Gasteiger partial charge in [-0.2, -0.15) is 0 Å². The minimum absolute atomic E-state index is 0.399. The Bertz CT molecular complexity index is 515. The third-order valence-corrected chi connectivity index (χ3v) is 2.49. The number of aliphatic hydroxyl groups excluding tert-OH is 1. The minimum atomic E-state index is -0.691. The standard InChI is InChI=1S/C12H14N4O/c1-8-15-5-3-11(16-8)12(17)6-9-7-14-4-2-10(9)13/h2-5,7,12,17H,6H2,1H3,(H2,13,14). The summed E-state index contributed by atoms with van der Waals surface area (Å²) in [6.45, 7) is 1.79. The van der Waals surface area contributed by atoms with Crippen LogP contribution < -0.4 is 5.73 Å². The van der Waals surface area contributed by atoms with E-state index < -0.39 is 6.10 Å². The first-order chi connectivity index (χ1) is 8.16. The van der Waals surface area contributed by atoms with E-state index in [0.717, 1.165) is 5.56 Å². The van der Waals surface area contributed by atoms with Crippen molar-refractivity contribution in [2.45, 2.75) is 19.4 Å². The van der Waals surface area contributed by atoms with Crippen LogP contribution in [0.3, 0.4) is 0 Å². The maximum absolute atomic E-state index is 10.0. The number of rotatable bonds is 3. The van der Waals surface area contributed by atoms with Crippen LogP contribution in [0.25, 0.3) is 0 Å². The Hall–Kier alpha value is -2.01. The third-order valence-electron chi connectivity index (χ3n) is 2.49. The fraction of sp³-hybridized carbons (Fsp3) is 0.250. The van der Waals surface area contributed by atoms with E-state index in [0.29, 0.717) is 23.6 Å². The lowest BCUT2D eigenvalue weighted by Crippen LogP contribution is -2.07. The van der Waals surface area contributed by atoms with Crippen LogP contribution in [0.15, 0.2) is 30.7 Å². The molecule has 2 aromatic heterocycles. The number of nitrogens with zero attached hydrogens (tertiary/aromatic N) is 3. The second-order valence-corrected chi connectivity index (χ2v) is 3.82. The SMILES string of the molecule is Cc1nccc(C(O)Cc2cnccc2N)n1. The molecule has 1 atom stereocenters. The molecule has 88 valence electrons. The van der Waals surface area contributed by atoms with E-state index in [4.69, 9.17) is 5.73 Å². The quantitative estimate of drug-likeness (QED) is 0.822. The summed E-state index contributed by atoms with van der Waals surface area (Å²) < 4.78 is 0. The largest absolute Gasteiger partial charge is 0.398 e. The lowest BCUT2D eigenvalue weighted by molar-refractivity contribution is 0.173. The highest BCUT2D eigenvalue weighted by Crippen LogP contribution is 2.19. The van der Waals surface area contributed by atoms with Gasteiger partial charge in [0.25, 0.3) is 0 Å². The van der Waals surface area contributed by atoms with Crippen LogP contribution >= 0.6 is 0 Å². The Morgan fingerprint density at radius 1 is 1.35 bits per heavy atom. The molecular weight excluding hydrogens is 216 g/mol. The van der Waals surface area contributed by atoms with Crippen molar-refractivity contribution in [1.82, 2.24) is 15.0 Å². The summed E-state index contributed by atoms with van der Waals surface area (Å²) >= 11 is 0. The summed E-state index contributed by atoms with van der Waals surface area (Å²) in [6.07, 6.45) is 4.62. The molecule has 1 unspecified atom stereocenters. The summed E-state index contributed by atoms with van der Waals surface area (Å²) in [5.74, 6) is 0.640. The van der Waals surface area contributed by atoms with Gasteiger partial charge in [0, 0.05) is 30.7 Å². The lowest BCUT2D eigenvalue weighted by Gasteiger charge is -2.11. The fourth-order valence-corrected chi connectivity index (χ4v) is 1.58. The molecule has 2 heterocycles. The van der Waals surface area contributed by atoms with Crippen LogP contribution in [-0.2, 0) is 6.42 Å². The van der Waals surface area contributed by atoms with Gasteiger partial charge in [0.1, 0.15) is 11.9 Å².